The van der Waals surface area contributed by atoms with E-state index in [2.05, 4.69) is 137 Å². The van der Waals surface area contributed by atoms with E-state index in [4.69, 9.17) is 15.4 Å². The number of nitrogens with zero attached hydrogens (tertiary/aromatic N) is 6. The summed E-state index contributed by atoms with van der Waals surface area (Å²) in [5, 5.41) is 14.6. The number of tetrazole rings is 1. The van der Waals surface area contributed by atoms with Gasteiger partial charge in [-0.05, 0) is 38.6 Å². The molecule has 0 saturated heterocycles. The van der Waals surface area contributed by atoms with Crippen molar-refractivity contribution in [2.24, 2.45) is 0 Å². The summed E-state index contributed by atoms with van der Waals surface area (Å²) in [5.74, 6) is 1.52. The van der Waals surface area contributed by atoms with Gasteiger partial charge in [0.1, 0.15) is 5.82 Å². The molecular weight excluding hydrogens is 589 g/mol. The van der Waals surface area contributed by atoms with Crippen LogP contribution in [0.5, 0.6) is 0 Å². The van der Waals surface area contributed by atoms with Crippen LogP contribution in [0, 0.1) is 0 Å². The highest BCUT2D eigenvalue weighted by atomic mass is 15.6. The average Bonchev–Trinajstić information content (AvgIpc) is 3.85. The first-order valence-electron chi connectivity index (χ1n) is 16.0. The van der Waals surface area contributed by atoms with Crippen LogP contribution >= 0.6 is 0 Å². The molecular formula is C42H32N6. The Kier molecular flexibility index (Phi) is 7.73. The van der Waals surface area contributed by atoms with Crippen molar-refractivity contribution >= 4 is 0 Å². The van der Waals surface area contributed by atoms with Crippen LogP contribution in [0.15, 0.2) is 182 Å². The van der Waals surface area contributed by atoms with E-state index in [-0.39, 0.29) is 0 Å². The van der Waals surface area contributed by atoms with Crippen molar-refractivity contribution in [3.63, 3.8) is 0 Å². The third-order valence-electron chi connectivity index (χ3n) is 8.82. The molecule has 6 nitrogen and oxygen atoms in total. The molecule has 0 unspecified atom stereocenters. The van der Waals surface area contributed by atoms with Crippen LogP contribution in [0.25, 0.3) is 33.9 Å². The quantitative estimate of drug-likeness (QED) is 0.151. The molecule has 0 amide bonds. The topological polar surface area (TPSA) is 61.4 Å². The van der Waals surface area contributed by atoms with Gasteiger partial charge in [-0.3, -0.25) is 0 Å². The number of rotatable bonds is 9. The highest BCUT2D eigenvalue weighted by molar-refractivity contribution is 5.80. The molecule has 2 heterocycles. The van der Waals surface area contributed by atoms with Gasteiger partial charge in [0.25, 0.3) is 0 Å². The van der Waals surface area contributed by atoms with E-state index < -0.39 is 5.54 Å². The lowest BCUT2D eigenvalue weighted by Gasteiger charge is -2.34. The molecule has 6 heteroatoms. The summed E-state index contributed by atoms with van der Waals surface area (Å²) in [5.41, 5.74) is 7.63. The highest BCUT2D eigenvalue weighted by Crippen LogP contribution is 2.40. The predicted octanol–water partition coefficient (Wildman–Crippen LogP) is 8.76. The van der Waals surface area contributed by atoms with Crippen LogP contribution < -0.4 is 0 Å². The molecule has 230 valence electrons. The van der Waals surface area contributed by atoms with Crippen molar-refractivity contribution < 1.29 is 0 Å². The lowest BCUT2D eigenvalue weighted by molar-refractivity contribution is 0.396. The average molecular weight is 621 g/mol. The minimum absolute atomic E-state index is 0.563. The third kappa shape index (κ3) is 5.29. The van der Waals surface area contributed by atoms with Gasteiger partial charge in [0, 0.05) is 30.1 Å². The molecule has 0 fully saturated rings. The molecule has 8 aromatic rings. The molecule has 0 aliphatic heterocycles. The Balaban J connectivity index is 1.17. The monoisotopic (exact) mass is 620 g/mol. The van der Waals surface area contributed by atoms with Crippen molar-refractivity contribution in [3.8, 4) is 33.9 Å². The van der Waals surface area contributed by atoms with Crippen molar-refractivity contribution in [1.82, 2.24) is 29.8 Å². The Morgan fingerprint density at radius 1 is 0.500 bits per heavy atom. The zero-order valence-electron chi connectivity index (χ0n) is 26.2. The summed E-state index contributed by atoms with van der Waals surface area (Å²) in [6.45, 7) is 0.725. The van der Waals surface area contributed by atoms with Gasteiger partial charge in [-0.1, -0.05) is 170 Å². The molecule has 6 aromatic carbocycles. The first-order valence-corrected chi connectivity index (χ1v) is 16.0. The van der Waals surface area contributed by atoms with Gasteiger partial charge in [-0.15, -0.1) is 15.0 Å². The van der Waals surface area contributed by atoms with Crippen molar-refractivity contribution in [3.05, 3.63) is 205 Å². The number of hydrogen-bond donors (Lipinski definition) is 0. The fourth-order valence-corrected chi connectivity index (χ4v) is 6.55. The smallest absolute Gasteiger partial charge is 0.205 e. The van der Waals surface area contributed by atoms with Gasteiger partial charge in [-0.25, -0.2) is 4.98 Å². The highest BCUT2D eigenvalue weighted by Gasteiger charge is 2.41. The van der Waals surface area contributed by atoms with Gasteiger partial charge >= 0.3 is 0 Å². The second-order valence-corrected chi connectivity index (χ2v) is 11.7. The fraction of sp³-hybridized carbons (Fsp3) is 0.0476. The summed E-state index contributed by atoms with van der Waals surface area (Å²) in [6, 6.07) is 58.5. The van der Waals surface area contributed by atoms with Crippen LogP contribution in [0.2, 0.25) is 0 Å². The fourth-order valence-electron chi connectivity index (χ4n) is 6.55. The summed E-state index contributed by atoms with van der Waals surface area (Å²) in [6.07, 6.45) is 3.89. The maximum atomic E-state index is 5.16. The molecule has 2 aromatic heterocycles. The molecule has 0 aliphatic rings. The number of benzene rings is 6. The lowest BCUT2D eigenvalue weighted by atomic mass is 9.77. The van der Waals surface area contributed by atoms with E-state index >= 15 is 0 Å². The SMILES string of the molecule is c1ccc(-c2nccn2Cc2ccc(-c3ccccc3-c3nnn(C(c4ccccc4)(c4ccccc4)c4ccccc4)n3)cc2)cc1. The Morgan fingerprint density at radius 3 is 1.60 bits per heavy atom. The Morgan fingerprint density at radius 2 is 1.02 bits per heavy atom. The van der Waals surface area contributed by atoms with Crippen LogP contribution in [0.1, 0.15) is 22.3 Å². The predicted molar refractivity (Wildman–Crippen MR) is 190 cm³/mol. The first-order chi connectivity index (χ1) is 23.8. The normalized spacial score (nSPS) is 11.4. The van der Waals surface area contributed by atoms with E-state index in [9.17, 15) is 0 Å². The van der Waals surface area contributed by atoms with Crippen molar-refractivity contribution in [2.75, 3.05) is 0 Å². The Labute approximate surface area is 279 Å². The summed E-state index contributed by atoms with van der Waals surface area (Å²) in [7, 11) is 0. The molecule has 0 saturated carbocycles. The van der Waals surface area contributed by atoms with E-state index in [1.807, 2.05) is 54.9 Å². The van der Waals surface area contributed by atoms with Crippen LogP contribution in [0.4, 0.5) is 0 Å². The van der Waals surface area contributed by atoms with Crippen LogP contribution in [0.3, 0.4) is 0 Å². The van der Waals surface area contributed by atoms with E-state index in [0.29, 0.717) is 5.82 Å². The largest absolute Gasteiger partial charge is 0.327 e. The van der Waals surface area contributed by atoms with Crippen LogP contribution in [-0.4, -0.2) is 29.8 Å². The number of aromatic nitrogens is 6. The second kappa shape index (κ2) is 12.8. The van der Waals surface area contributed by atoms with Crippen LogP contribution in [-0.2, 0) is 12.1 Å². The van der Waals surface area contributed by atoms with Gasteiger partial charge in [0.05, 0.1) is 0 Å². The van der Waals surface area contributed by atoms with Gasteiger partial charge in [0.2, 0.25) is 5.82 Å². The molecule has 0 radical (unpaired) electrons. The zero-order valence-corrected chi connectivity index (χ0v) is 26.2. The lowest BCUT2D eigenvalue weighted by Crippen LogP contribution is -2.39. The maximum Gasteiger partial charge on any atom is 0.205 e. The second-order valence-electron chi connectivity index (χ2n) is 11.7. The summed E-state index contributed by atoms with van der Waals surface area (Å²) < 4.78 is 2.18. The number of imidazole rings is 1. The standard InChI is InChI=1S/C42H32N6/c1-5-15-34(16-6-1)41-43-29-30-47(41)31-32-25-27-33(28-26-32)38-23-13-14-24-39(38)40-44-46-48(45-40)42(35-17-7-2-8-18-35,36-19-9-3-10-20-36)37-21-11-4-12-22-37/h1-30H,31H2. The van der Waals surface area contributed by atoms with E-state index in [1.54, 1.807) is 4.80 Å². The summed E-state index contributed by atoms with van der Waals surface area (Å²) in [4.78, 5) is 6.39. The minimum Gasteiger partial charge on any atom is -0.327 e. The Bertz CT molecular complexity index is 2140. The van der Waals surface area contributed by atoms with Gasteiger partial charge < -0.3 is 4.57 Å². The first kappa shape index (κ1) is 29.0. The summed E-state index contributed by atoms with van der Waals surface area (Å²) >= 11 is 0. The molecule has 48 heavy (non-hydrogen) atoms. The van der Waals surface area contributed by atoms with E-state index in [0.717, 1.165) is 51.3 Å². The number of hydrogen-bond acceptors (Lipinski definition) is 4. The molecule has 0 atom stereocenters. The Hall–Kier alpha value is -6.40. The molecule has 0 spiro atoms. The molecule has 8 rings (SSSR count). The van der Waals surface area contributed by atoms with Crippen molar-refractivity contribution in [1.29, 1.82) is 0 Å². The van der Waals surface area contributed by atoms with E-state index in [1.165, 1.54) is 5.56 Å². The molecule has 0 bridgehead atoms. The maximum absolute atomic E-state index is 5.16. The van der Waals surface area contributed by atoms with Crippen molar-refractivity contribution in [2.45, 2.75) is 12.1 Å². The molecule has 0 aliphatic carbocycles. The minimum atomic E-state index is -0.836. The third-order valence-corrected chi connectivity index (χ3v) is 8.82. The van der Waals surface area contributed by atoms with Gasteiger partial charge in [-0.2, -0.15) is 0 Å². The van der Waals surface area contributed by atoms with Gasteiger partial charge in [0.15, 0.2) is 5.54 Å². The zero-order chi connectivity index (χ0) is 32.2. The molecule has 0 N–H and O–H groups in total.